The summed E-state index contributed by atoms with van der Waals surface area (Å²) in [5.41, 5.74) is 1.64. The van der Waals surface area contributed by atoms with E-state index in [2.05, 4.69) is 10.6 Å². The zero-order valence-electron chi connectivity index (χ0n) is 19.9. The maximum atomic E-state index is 13.3. The highest BCUT2D eigenvalue weighted by molar-refractivity contribution is 6.07. The number of nitrogens with zero attached hydrogens (tertiary/aromatic N) is 2. The highest BCUT2D eigenvalue weighted by atomic mass is 16.4. The number of aldehydes is 1. The van der Waals surface area contributed by atoms with E-state index in [1.54, 1.807) is 41.3 Å². The molecule has 0 aromatic heterocycles. The van der Waals surface area contributed by atoms with E-state index in [4.69, 9.17) is 5.11 Å². The van der Waals surface area contributed by atoms with E-state index in [1.807, 2.05) is 30.3 Å². The van der Waals surface area contributed by atoms with Gasteiger partial charge in [0.05, 0.1) is 36.4 Å². The van der Waals surface area contributed by atoms with Crippen LogP contribution in [0.3, 0.4) is 0 Å². The number of hydrogen-bond acceptors (Lipinski definition) is 6. The van der Waals surface area contributed by atoms with Gasteiger partial charge in [0.2, 0.25) is 12.3 Å². The fourth-order valence-electron chi connectivity index (χ4n) is 4.51. The normalized spacial score (nSPS) is 15.7. The van der Waals surface area contributed by atoms with Gasteiger partial charge in [0.15, 0.2) is 0 Å². The van der Waals surface area contributed by atoms with Gasteiger partial charge in [0.25, 0.3) is 5.91 Å². The number of aliphatic carboxylic acids is 1. The molecular formula is C27H26N4O6. The van der Waals surface area contributed by atoms with Gasteiger partial charge >= 0.3 is 5.97 Å². The van der Waals surface area contributed by atoms with Crippen LogP contribution in [0.25, 0.3) is 10.8 Å². The molecule has 10 heteroatoms. The zero-order valence-corrected chi connectivity index (χ0v) is 19.9. The van der Waals surface area contributed by atoms with Gasteiger partial charge in [-0.05, 0) is 29.0 Å². The molecule has 2 atom stereocenters. The van der Waals surface area contributed by atoms with Crippen molar-refractivity contribution in [1.29, 1.82) is 0 Å². The van der Waals surface area contributed by atoms with Gasteiger partial charge in [0.1, 0.15) is 6.29 Å². The van der Waals surface area contributed by atoms with Crippen LogP contribution in [0.1, 0.15) is 16.8 Å². The molecule has 1 aliphatic heterocycles. The van der Waals surface area contributed by atoms with Gasteiger partial charge in [-0.15, -0.1) is 0 Å². The fraction of sp³-hybridized carbons (Fsp3) is 0.222. The molecule has 3 aromatic carbocycles. The molecule has 0 aliphatic carbocycles. The molecule has 0 saturated carbocycles. The Morgan fingerprint density at radius 2 is 1.65 bits per heavy atom. The second kappa shape index (κ2) is 11.3. The molecule has 0 radical (unpaired) electrons. The molecule has 3 aromatic rings. The van der Waals surface area contributed by atoms with Gasteiger partial charge < -0.3 is 30.3 Å². The van der Waals surface area contributed by atoms with Gasteiger partial charge in [-0.1, -0.05) is 48.5 Å². The SMILES string of the molecule is O=C[C@H](CC(=O)O)NC(=O)CN1C[C@@H](NC(=O)c2cccc3ccccc23)CN(C=O)c2ccccc21. The number of hydrogen-bond donors (Lipinski definition) is 3. The number of fused-ring (bicyclic) bond motifs is 2. The van der Waals surface area contributed by atoms with Crippen LogP contribution in [-0.4, -0.2) is 67.3 Å². The van der Waals surface area contributed by atoms with E-state index in [-0.39, 0.29) is 25.5 Å². The van der Waals surface area contributed by atoms with Crippen molar-refractivity contribution < 1.29 is 29.1 Å². The fourth-order valence-corrected chi connectivity index (χ4v) is 4.51. The Morgan fingerprint density at radius 1 is 0.946 bits per heavy atom. The number of carboxylic acid groups (broad SMARTS) is 1. The first kappa shape index (κ1) is 25.4. The van der Waals surface area contributed by atoms with Crippen molar-refractivity contribution in [1.82, 2.24) is 10.6 Å². The topological polar surface area (TPSA) is 136 Å². The Bertz CT molecular complexity index is 1340. The molecule has 0 saturated heterocycles. The van der Waals surface area contributed by atoms with E-state index in [9.17, 15) is 24.0 Å². The van der Waals surface area contributed by atoms with Crippen molar-refractivity contribution >= 4 is 52.6 Å². The number of benzene rings is 3. The quantitative estimate of drug-likeness (QED) is 0.378. The molecule has 1 heterocycles. The van der Waals surface area contributed by atoms with Crippen LogP contribution >= 0.6 is 0 Å². The van der Waals surface area contributed by atoms with Gasteiger partial charge in [-0.2, -0.15) is 0 Å². The monoisotopic (exact) mass is 502 g/mol. The number of carboxylic acids is 1. The molecular weight excluding hydrogens is 476 g/mol. The van der Waals surface area contributed by atoms with Gasteiger partial charge in [0, 0.05) is 18.7 Å². The molecule has 37 heavy (non-hydrogen) atoms. The average molecular weight is 503 g/mol. The van der Waals surface area contributed by atoms with Crippen LogP contribution < -0.4 is 20.4 Å². The van der Waals surface area contributed by atoms with E-state index >= 15 is 0 Å². The van der Waals surface area contributed by atoms with Crippen LogP contribution in [0.4, 0.5) is 11.4 Å². The molecule has 0 spiro atoms. The van der Waals surface area contributed by atoms with Crippen molar-refractivity contribution in [2.45, 2.75) is 18.5 Å². The summed E-state index contributed by atoms with van der Waals surface area (Å²) < 4.78 is 0. The molecule has 190 valence electrons. The molecule has 1 aliphatic rings. The molecule has 0 unspecified atom stereocenters. The standard InChI is InChI=1S/C27H26N4O6/c32-16-19(12-26(35)36)28-25(34)15-30-13-20(14-31(17-33)24-11-4-3-10-23(24)30)29-27(37)22-9-5-7-18-6-1-2-8-21(18)22/h1-11,16-17,19-20H,12-15H2,(H,28,34)(H,29,37)(H,35,36)/t19-,20+/m0/s1. The van der Waals surface area contributed by atoms with Crippen molar-refractivity contribution in [3.8, 4) is 0 Å². The minimum atomic E-state index is -1.21. The smallest absolute Gasteiger partial charge is 0.305 e. The number of anilines is 2. The van der Waals surface area contributed by atoms with E-state index < -0.39 is 30.4 Å². The van der Waals surface area contributed by atoms with Crippen LogP contribution in [0, 0.1) is 0 Å². The Balaban J connectivity index is 1.58. The van der Waals surface area contributed by atoms with Crippen molar-refractivity contribution in [3.63, 3.8) is 0 Å². The summed E-state index contributed by atoms with van der Waals surface area (Å²) in [5, 5.41) is 16.1. The lowest BCUT2D eigenvalue weighted by Gasteiger charge is -2.27. The van der Waals surface area contributed by atoms with Crippen LogP contribution in [0.5, 0.6) is 0 Å². The number of para-hydroxylation sites is 2. The number of nitrogens with one attached hydrogen (secondary N) is 2. The second-order valence-corrected chi connectivity index (χ2v) is 8.73. The molecule has 0 fully saturated rings. The van der Waals surface area contributed by atoms with Crippen molar-refractivity contribution in [3.05, 3.63) is 72.3 Å². The lowest BCUT2D eigenvalue weighted by atomic mass is 10.0. The lowest BCUT2D eigenvalue weighted by Crippen LogP contribution is -2.50. The summed E-state index contributed by atoms with van der Waals surface area (Å²) in [6, 6.07) is 18.3. The number of amides is 3. The Morgan fingerprint density at radius 3 is 2.38 bits per heavy atom. The summed E-state index contributed by atoms with van der Waals surface area (Å²) in [6.45, 7) is 0.148. The summed E-state index contributed by atoms with van der Waals surface area (Å²) in [6.07, 6.45) is 0.521. The highest BCUT2D eigenvalue weighted by Gasteiger charge is 2.29. The summed E-state index contributed by atoms with van der Waals surface area (Å²) >= 11 is 0. The average Bonchev–Trinajstić information content (AvgIpc) is 3.04. The van der Waals surface area contributed by atoms with Crippen LogP contribution in [0.15, 0.2) is 66.7 Å². The summed E-state index contributed by atoms with van der Waals surface area (Å²) in [4.78, 5) is 63.4. The van der Waals surface area contributed by atoms with Gasteiger partial charge in [-0.25, -0.2) is 0 Å². The third kappa shape index (κ3) is 5.92. The molecule has 10 nitrogen and oxygen atoms in total. The maximum Gasteiger partial charge on any atom is 0.305 e. The minimum absolute atomic E-state index is 0.172. The third-order valence-electron chi connectivity index (χ3n) is 6.13. The molecule has 3 N–H and O–H groups in total. The van der Waals surface area contributed by atoms with Crippen LogP contribution in [0.2, 0.25) is 0 Å². The first-order valence-electron chi connectivity index (χ1n) is 11.7. The van der Waals surface area contributed by atoms with Crippen molar-refractivity contribution in [2.24, 2.45) is 0 Å². The second-order valence-electron chi connectivity index (χ2n) is 8.73. The maximum absolute atomic E-state index is 13.3. The molecule has 0 bridgehead atoms. The number of carbonyl (C=O) groups is 5. The predicted molar refractivity (Wildman–Crippen MR) is 138 cm³/mol. The van der Waals surface area contributed by atoms with E-state index in [0.29, 0.717) is 29.6 Å². The zero-order chi connectivity index (χ0) is 26.4. The Kier molecular flexibility index (Phi) is 7.77. The Hall–Kier alpha value is -4.73. The largest absolute Gasteiger partial charge is 0.481 e. The number of rotatable bonds is 9. The Labute approximate surface area is 212 Å². The predicted octanol–water partition coefficient (Wildman–Crippen LogP) is 1.58. The van der Waals surface area contributed by atoms with Crippen molar-refractivity contribution in [2.75, 3.05) is 29.4 Å². The summed E-state index contributed by atoms with van der Waals surface area (Å²) in [7, 11) is 0. The number of carbonyl (C=O) groups excluding carboxylic acids is 4. The lowest BCUT2D eigenvalue weighted by molar-refractivity contribution is -0.138. The first-order chi connectivity index (χ1) is 17.9. The van der Waals surface area contributed by atoms with E-state index in [0.717, 1.165) is 10.8 Å². The summed E-state index contributed by atoms with van der Waals surface area (Å²) in [5.74, 6) is -2.09. The van der Waals surface area contributed by atoms with Gasteiger partial charge in [-0.3, -0.25) is 19.2 Å². The van der Waals surface area contributed by atoms with E-state index in [1.165, 1.54) is 4.90 Å². The first-order valence-corrected chi connectivity index (χ1v) is 11.7. The van der Waals surface area contributed by atoms with Crippen LogP contribution in [-0.2, 0) is 19.2 Å². The third-order valence-corrected chi connectivity index (χ3v) is 6.13. The molecule has 3 amide bonds. The molecule has 4 rings (SSSR count). The minimum Gasteiger partial charge on any atom is -0.481 e. The highest BCUT2D eigenvalue weighted by Crippen LogP contribution is 2.31.